The van der Waals surface area contributed by atoms with Crippen molar-refractivity contribution in [2.45, 2.75) is 58.5 Å². The number of rotatable bonds is 0. The smallest absolute Gasteiger partial charge is 0.308 e. The molecule has 0 bridgehead atoms. The van der Waals surface area contributed by atoms with Crippen molar-refractivity contribution in [1.29, 1.82) is 0 Å². The Bertz CT molecular complexity index is 221. The van der Waals surface area contributed by atoms with E-state index in [1.54, 1.807) is 0 Å². The minimum atomic E-state index is -0.0310. The van der Waals surface area contributed by atoms with Gasteiger partial charge in [-0.05, 0) is 45.4 Å². The molecule has 0 N–H and O–H groups in total. The molecule has 0 fully saturated rings. The Kier molecular flexibility index (Phi) is 5.44. The van der Waals surface area contributed by atoms with Crippen LogP contribution >= 0.6 is 0 Å². The van der Waals surface area contributed by atoms with Crippen molar-refractivity contribution in [3.63, 3.8) is 0 Å². The molecule has 0 amide bonds. The van der Waals surface area contributed by atoms with Crippen molar-refractivity contribution in [3.05, 3.63) is 12.2 Å². The van der Waals surface area contributed by atoms with Crippen molar-refractivity contribution in [2.24, 2.45) is 5.92 Å². The van der Waals surface area contributed by atoms with Crippen LogP contribution in [0.25, 0.3) is 0 Å². The minimum Gasteiger partial charge on any atom is -0.462 e. The first-order valence-electron chi connectivity index (χ1n) is 6.05. The van der Waals surface area contributed by atoms with Gasteiger partial charge in [0.05, 0.1) is 12.0 Å². The molecule has 1 rings (SSSR count). The molecule has 2 nitrogen and oxygen atoms in total. The maximum Gasteiger partial charge on any atom is 0.308 e. The molecular formula is C13H22O2. The molecule has 2 unspecified atom stereocenters. The van der Waals surface area contributed by atoms with Gasteiger partial charge in [0.1, 0.15) is 0 Å². The van der Waals surface area contributed by atoms with Gasteiger partial charge in [0.2, 0.25) is 0 Å². The molecule has 0 saturated heterocycles. The van der Waals surface area contributed by atoms with Crippen LogP contribution in [0.1, 0.15) is 52.4 Å². The van der Waals surface area contributed by atoms with Gasteiger partial charge >= 0.3 is 5.97 Å². The summed E-state index contributed by atoms with van der Waals surface area (Å²) in [7, 11) is 0. The van der Waals surface area contributed by atoms with Gasteiger partial charge in [0.25, 0.3) is 0 Å². The summed E-state index contributed by atoms with van der Waals surface area (Å²) < 4.78 is 5.37. The van der Waals surface area contributed by atoms with Gasteiger partial charge in [-0.1, -0.05) is 19.1 Å². The Morgan fingerprint density at radius 3 is 2.67 bits per heavy atom. The van der Waals surface area contributed by atoms with Crippen LogP contribution in [0.15, 0.2) is 12.2 Å². The van der Waals surface area contributed by atoms with Crippen molar-refractivity contribution < 1.29 is 9.53 Å². The molecule has 0 aromatic heterocycles. The van der Waals surface area contributed by atoms with E-state index < -0.39 is 0 Å². The molecule has 0 radical (unpaired) electrons. The standard InChI is InChI=1S/C13H22O2/c1-11-9-7-5-3-4-6-8-10-12(2)15-13(11)14/h3,5,11-12H,4,6-10H2,1-2H3. The van der Waals surface area contributed by atoms with Crippen molar-refractivity contribution in [1.82, 2.24) is 0 Å². The van der Waals surface area contributed by atoms with E-state index in [-0.39, 0.29) is 18.0 Å². The lowest BCUT2D eigenvalue weighted by Gasteiger charge is -2.16. The predicted octanol–water partition coefficient (Wildman–Crippen LogP) is 3.46. The summed E-state index contributed by atoms with van der Waals surface area (Å²) in [6.07, 6.45) is 10.9. The molecule has 0 spiro atoms. The summed E-state index contributed by atoms with van der Waals surface area (Å²) in [4.78, 5) is 11.6. The van der Waals surface area contributed by atoms with E-state index in [0.717, 1.165) is 32.1 Å². The topological polar surface area (TPSA) is 26.3 Å². The molecule has 86 valence electrons. The molecule has 0 aliphatic carbocycles. The van der Waals surface area contributed by atoms with E-state index >= 15 is 0 Å². The predicted molar refractivity (Wildman–Crippen MR) is 61.6 cm³/mol. The van der Waals surface area contributed by atoms with E-state index in [1.807, 2.05) is 13.8 Å². The summed E-state index contributed by atoms with van der Waals surface area (Å²) in [5.41, 5.74) is 0. The maximum absolute atomic E-state index is 11.6. The van der Waals surface area contributed by atoms with Crippen LogP contribution < -0.4 is 0 Å². The van der Waals surface area contributed by atoms with Gasteiger partial charge in [-0.25, -0.2) is 0 Å². The fourth-order valence-electron chi connectivity index (χ4n) is 1.77. The first-order valence-corrected chi connectivity index (χ1v) is 6.05. The maximum atomic E-state index is 11.6. The zero-order valence-corrected chi connectivity index (χ0v) is 9.87. The van der Waals surface area contributed by atoms with E-state index in [1.165, 1.54) is 6.42 Å². The molecule has 0 aromatic rings. The van der Waals surface area contributed by atoms with Crippen LogP contribution in [0.4, 0.5) is 0 Å². The highest BCUT2D eigenvalue weighted by molar-refractivity contribution is 5.72. The molecular weight excluding hydrogens is 188 g/mol. The summed E-state index contributed by atoms with van der Waals surface area (Å²) >= 11 is 0. The molecule has 2 atom stereocenters. The molecule has 1 aliphatic rings. The number of carbonyl (C=O) groups is 1. The first kappa shape index (κ1) is 12.3. The van der Waals surface area contributed by atoms with Gasteiger partial charge < -0.3 is 4.74 Å². The molecule has 2 heteroatoms. The lowest BCUT2D eigenvalue weighted by Crippen LogP contribution is -2.20. The number of esters is 1. The largest absolute Gasteiger partial charge is 0.462 e. The van der Waals surface area contributed by atoms with Crippen LogP contribution in [0.2, 0.25) is 0 Å². The van der Waals surface area contributed by atoms with Crippen molar-refractivity contribution in [3.8, 4) is 0 Å². The van der Waals surface area contributed by atoms with Gasteiger partial charge in [0, 0.05) is 0 Å². The summed E-state index contributed by atoms with van der Waals surface area (Å²) in [5, 5.41) is 0. The van der Waals surface area contributed by atoms with Crippen LogP contribution in [-0.2, 0) is 9.53 Å². The quantitative estimate of drug-likeness (QED) is 0.452. The summed E-state index contributed by atoms with van der Waals surface area (Å²) in [6.45, 7) is 3.95. The van der Waals surface area contributed by atoms with E-state index in [4.69, 9.17) is 4.74 Å². The third-order valence-electron chi connectivity index (χ3n) is 2.88. The van der Waals surface area contributed by atoms with E-state index in [9.17, 15) is 4.79 Å². The number of ether oxygens (including phenoxy) is 1. The number of hydrogen-bond acceptors (Lipinski definition) is 2. The van der Waals surface area contributed by atoms with E-state index in [2.05, 4.69) is 12.2 Å². The van der Waals surface area contributed by atoms with Gasteiger partial charge in [-0.3, -0.25) is 4.79 Å². The molecule has 1 aliphatic heterocycles. The van der Waals surface area contributed by atoms with Crippen LogP contribution in [0.3, 0.4) is 0 Å². The zero-order chi connectivity index (χ0) is 11.1. The SMILES string of the molecule is CC1CCCCC=CCCC(C)C(=O)O1. The molecule has 0 aromatic carbocycles. The van der Waals surface area contributed by atoms with Crippen LogP contribution in [0, 0.1) is 5.92 Å². The third-order valence-corrected chi connectivity index (χ3v) is 2.88. The second kappa shape index (κ2) is 6.65. The fourth-order valence-corrected chi connectivity index (χ4v) is 1.77. The van der Waals surface area contributed by atoms with Crippen molar-refractivity contribution in [2.75, 3.05) is 0 Å². The van der Waals surface area contributed by atoms with E-state index in [0.29, 0.717) is 0 Å². The average molecular weight is 210 g/mol. The van der Waals surface area contributed by atoms with Crippen molar-refractivity contribution >= 4 is 5.97 Å². The summed E-state index contributed by atoms with van der Waals surface area (Å²) in [5.74, 6) is 0.00741. The van der Waals surface area contributed by atoms with Crippen LogP contribution in [-0.4, -0.2) is 12.1 Å². The number of hydrogen-bond donors (Lipinski definition) is 0. The van der Waals surface area contributed by atoms with Gasteiger partial charge in [-0.15, -0.1) is 0 Å². The minimum absolute atomic E-state index is 0.0310. The highest BCUT2D eigenvalue weighted by Gasteiger charge is 2.16. The van der Waals surface area contributed by atoms with Gasteiger partial charge in [-0.2, -0.15) is 0 Å². The number of allylic oxidation sites excluding steroid dienone is 2. The Balaban J connectivity index is 2.47. The average Bonchev–Trinajstić information content (AvgIpc) is 2.19. The first-order chi connectivity index (χ1) is 7.20. The van der Waals surface area contributed by atoms with Gasteiger partial charge in [0.15, 0.2) is 0 Å². The fraction of sp³-hybridized carbons (Fsp3) is 0.769. The number of carbonyl (C=O) groups excluding carboxylic acids is 1. The molecule has 15 heavy (non-hydrogen) atoms. The zero-order valence-electron chi connectivity index (χ0n) is 9.87. The normalized spacial score (nSPS) is 30.1. The Morgan fingerprint density at radius 1 is 1.13 bits per heavy atom. The lowest BCUT2D eigenvalue weighted by atomic mass is 10.0. The summed E-state index contributed by atoms with van der Waals surface area (Å²) in [6, 6.07) is 0. The highest BCUT2D eigenvalue weighted by Crippen LogP contribution is 2.14. The second-order valence-electron chi connectivity index (χ2n) is 4.48. The Labute approximate surface area is 92.7 Å². The molecule has 1 heterocycles. The Morgan fingerprint density at radius 2 is 1.87 bits per heavy atom. The third kappa shape index (κ3) is 5.01. The highest BCUT2D eigenvalue weighted by atomic mass is 16.5. The lowest BCUT2D eigenvalue weighted by molar-refractivity contribution is -0.153. The Hall–Kier alpha value is -0.790. The van der Waals surface area contributed by atoms with Crippen LogP contribution in [0.5, 0.6) is 0 Å². The monoisotopic (exact) mass is 210 g/mol. The second-order valence-corrected chi connectivity index (χ2v) is 4.48. The molecule has 0 saturated carbocycles. The number of cyclic esters (lactones) is 1.